The molecule has 2 N–H and O–H groups in total. The van der Waals surface area contributed by atoms with Crippen molar-refractivity contribution in [3.05, 3.63) is 28.7 Å². The number of benzene rings is 1. The van der Waals surface area contributed by atoms with Crippen molar-refractivity contribution in [3.8, 4) is 0 Å². The van der Waals surface area contributed by atoms with E-state index in [2.05, 4.69) is 21.2 Å². The second-order valence-electron chi connectivity index (χ2n) is 3.79. The summed E-state index contributed by atoms with van der Waals surface area (Å²) in [7, 11) is 0. The molecule has 1 aliphatic rings. The molecule has 1 saturated carbocycles. The molecule has 2 atom stereocenters. The molecule has 1 aromatic rings. The number of amides is 1. The second-order valence-corrected chi connectivity index (χ2v) is 4.70. The van der Waals surface area contributed by atoms with Crippen LogP contribution < -0.4 is 5.32 Å². The lowest BCUT2D eigenvalue weighted by Crippen LogP contribution is -2.16. The van der Waals surface area contributed by atoms with Crippen molar-refractivity contribution in [1.82, 2.24) is 0 Å². The van der Waals surface area contributed by atoms with Crippen LogP contribution in [0, 0.1) is 11.8 Å². The molecule has 0 aromatic heterocycles. The average molecular weight is 284 g/mol. The molecule has 0 heterocycles. The first-order chi connectivity index (χ1) is 7.58. The molecule has 0 bridgehead atoms. The van der Waals surface area contributed by atoms with Gasteiger partial charge in [-0.25, -0.2) is 0 Å². The van der Waals surface area contributed by atoms with Gasteiger partial charge in [-0.15, -0.1) is 0 Å². The summed E-state index contributed by atoms with van der Waals surface area (Å²) in [5, 5.41) is 11.4. The number of nitrogens with one attached hydrogen (secondary N) is 1. The van der Waals surface area contributed by atoms with E-state index >= 15 is 0 Å². The van der Waals surface area contributed by atoms with E-state index in [-0.39, 0.29) is 11.8 Å². The highest BCUT2D eigenvalue weighted by atomic mass is 79.9. The molecular weight excluding hydrogens is 274 g/mol. The molecule has 0 aliphatic heterocycles. The Morgan fingerprint density at radius 1 is 1.38 bits per heavy atom. The lowest BCUT2D eigenvalue weighted by atomic mass is 10.2. The Morgan fingerprint density at radius 2 is 2.12 bits per heavy atom. The summed E-state index contributed by atoms with van der Waals surface area (Å²) < 4.78 is 0.871. The van der Waals surface area contributed by atoms with E-state index in [9.17, 15) is 9.59 Å². The standard InChI is InChI=1S/C11H10BrNO3/c12-6-2-1-3-7(4-6)13-10(14)8-5-9(8)11(15)16/h1-4,8-9H,5H2,(H,13,14)(H,15,16)/t8-,9+/m1/s1. The summed E-state index contributed by atoms with van der Waals surface area (Å²) in [6.07, 6.45) is 0.440. The molecule has 2 rings (SSSR count). The molecule has 4 nitrogen and oxygen atoms in total. The van der Waals surface area contributed by atoms with Crippen molar-refractivity contribution >= 4 is 33.5 Å². The van der Waals surface area contributed by atoms with Crippen LogP contribution in [0.5, 0.6) is 0 Å². The molecule has 84 valence electrons. The molecule has 16 heavy (non-hydrogen) atoms. The highest BCUT2D eigenvalue weighted by molar-refractivity contribution is 9.10. The minimum absolute atomic E-state index is 0.217. The predicted molar refractivity (Wildman–Crippen MR) is 62.0 cm³/mol. The van der Waals surface area contributed by atoms with Gasteiger partial charge in [-0.3, -0.25) is 9.59 Å². The maximum Gasteiger partial charge on any atom is 0.307 e. The molecule has 5 heteroatoms. The summed E-state index contributed by atoms with van der Waals surface area (Å²) >= 11 is 3.29. The summed E-state index contributed by atoms with van der Waals surface area (Å²) in [6.45, 7) is 0. The van der Waals surface area contributed by atoms with Gasteiger partial charge in [0.15, 0.2) is 0 Å². The van der Waals surface area contributed by atoms with E-state index in [1.807, 2.05) is 6.07 Å². The molecule has 0 radical (unpaired) electrons. The molecule has 1 aromatic carbocycles. The fraction of sp³-hybridized carbons (Fsp3) is 0.273. The van der Waals surface area contributed by atoms with E-state index in [4.69, 9.17) is 5.11 Å². The first-order valence-corrected chi connectivity index (χ1v) is 5.66. The van der Waals surface area contributed by atoms with E-state index in [0.717, 1.165) is 4.47 Å². The van der Waals surface area contributed by atoms with Crippen LogP contribution in [0.3, 0.4) is 0 Å². The van der Waals surface area contributed by atoms with Gasteiger partial charge in [-0.05, 0) is 24.6 Å². The second kappa shape index (κ2) is 4.25. The third kappa shape index (κ3) is 2.41. The van der Waals surface area contributed by atoms with Gasteiger partial charge in [0.2, 0.25) is 5.91 Å². The highest BCUT2D eigenvalue weighted by Crippen LogP contribution is 2.39. The largest absolute Gasteiger partial charge is 0.481 e. The Kier molecular flexibility index (Phi) is 2.96. The fourth-order valence-electron chi connectivity index (χ4n) is 1.56. The van der Waals surface area contributed by atoms with Gasteiger partial charge in [0.25, 0.3) is 0 Å². The Bertz CT molecular complexity index is 447. The zero-order valence-corrected chi connectivity index (χ0v) is 9.90. The van der Waals surface area contributed by atoms with Crippen molar-refractivity contribution < 1.29 is 14.7 Å². The van der Waals surface area contributed by atoms with Crippen molar-refractivity contribution in [2.24, 2.45) is 11.8 Å². The summed E-state index contributed by atoms with van der Waals surface area (Å²) in [5.41, 5.74) is 0.676. The predicted octanol–water partition coefficient (Wildman–Crippen LogP) is 2.11. The Hall–Kier alpha value is -1.36. The number of aliphatic carboxylic acids is 1. The van der Waals surface area contributed by atoms with Crippen molar-refractivity contribution in [2.75, 3.05) is 5.32 Å². The molecule has 0 saturated heterocycles. The summed E-state index contributed by atoms with van der Waals surface area (Å²) in [5.74, 6) is -2.00. The van der Waals surface area contributed by atoms with Crippen LogP contribution in [0.4, 0.5) is 5.69 Å². The van der Waals surface area contributed by atoms with Crippen LogP contribution in [0.2, 0.25) is 0 Å². The fourth-order valence-corrected chi connectivity index (χ4v) is 1.96. The normalized spacial score (nSPS) is 22.6. The first kappa shape index (κ1) is 11.1. The zero-order valence-electron chi connectivity index (χ0n) is 8.31. The first-order valence-electron chi connectivity index (χ1n) is 4.87. The number of hydrogen-bond donors (Lipinski definition) is 2. The van der Waals surface area contributed by atoms with E-state index in [1.165, 1.54) is 0 Å². The minimum Gasteiger partial charge on any atom is -0.481 e. The van der Waals surface area contributed by atoms with Gasteiger partial charge >= 0.3 is 5.97 Å². The molecule has 1 amide bonds. The summed E-state index contributed by atoms with van der Waals surface area (Å²) in [4.78, 5) is 22.2. The molecule has 1 fully saturated rings. The maximum absolute atomic E-state index is 11.6. The average Bonchev–Trinajstić information content (AvgIpc) is 2.96. The zero-order chi connectivity index (χ0) is 11.7. The van der Waals surface area contributed by atoms with Crippen LogP contribution >= 0.6 is 15.9 Å². The number of carboxylic acid groups (broad SMARTS) is 1. The maximum atomic E-state index is 11.6. The topological polar surface area (TPSA) is 66.4 Å². The van der Waals surface area contributed by atoms with Crippen molar-refractivity contribution in [3.63, 3.8) is 0 Å². The molecule has 0 unspecified atom stereocenters. The van der Waals surface area contributed by atoms with Gasteiger partial charge in [0, 0.05) is 10.2 Å². The van der Waals surface area contributed by atoms with Gasteiger partial charge < -0.3 is 10.4 Å². The Morgan fingerprint density at radius 3 is 2.69 bits per heavy atom. The quantitative estimate of drug-likeness (QED) is 0.893. The van der Waals surface area contributed by atoms with Gasteiger partial charge in [-0.1, -0.05) is 22.0 Å². The van der Waals surface area contributed by atoms with Gasteiger partial charge in [0.1, 0.15) is 0 Å². The van der Waals surface area contributed by atoms with E-state index in [0.29, 0.717) is 12.1 Å². The van der Waals surface area contributed by atoms with Crippen LogP contribution in [-0.2, 0) is 9.59 Å². The molecular formula is C11H10BrNO3. The van der Waals surface area contributed by atoms with Gasteiger partial charge in [0.05, 0.1) is 11.8 Å². The number of carbonyl (C=O) groups excluding carboxylic acids is 1. The van der Waals surface area contributed by atoms with Crippen LogP contribution in [0.1, 0.15) is 6.42 Å². The van der Waals surface area contributed by atoms with Crippen LogP contribution in [0.15, 0.2) is 28.7 Å². The highest BCUT2D eigenvalue weighted by Gasteiger charge is 2.48. The van der Waals surface area contributed by atoms with Crippen LogP contribution in [0.25, 0.3) is 0 Å². The summed E-state index contributed by atoms with van der Waals surface area (Å²) in [6, 6.07) is 7.20. The Labute approximate surface area is 101 Å². The number of rotatable bonds is 3. The Balaban J connectivity index is 1.96. The molecule has 0 spiro atoms. The number of hydrogen-bond acceptors (Lipinski definition) is 2. The number of anilines is 1. The van der Waals surface area contributed by atoms with Gasteiger partial charge in [-0.2, -0.15) is 0 Å². The van der Waals surface area contributed by atoms with Crippen molar-refractivity contribution in [2.45, 2.75) is 6.42 Å². The lowest BCUT2D eigenvalue weighted by Gasteiger charge is -2.04. The third-order valence-corrected chi connectivity index (χ3v) is 3.03. The minimum atomic E-state index is -0.894. The van der Waals surface area contributed by atoms with E-state index in [1.54, 1.807) is 18.2 Å². The van der Waals surface area contributed by atoms with Crippen molar-refractivity contribution in [1.29, 1.82) is 0 Å². The lowest BCUT2D eigenvalue weighted by molar-refractivity contribution is -0.139. The monoisotopic (exact) mass is 283 g/mol. The number of halogens is 1. The molecule has 1 aliphatic carbocycles. The third-order valence-electron chi connectivity index (χ3n) is 2.54. The van der Waals surface area contributed by atoms with Crippen LogP contribution in [-0.4, -0.2) is 17.0 Å². The SMILES string of the molecule is O=C(O)[C@H]1C[C@H]1C(=O)Nc1cccc(Br)c1. The number of carbonyl (C=O) groups is 2. The number of carboxylic acids is 1. The van der Waals surface area contributed by atoms with E-state index < -0.39 is 11.9 Å². The smallest absolute Gasteiger partial charge is 0.307 e.